The van der Waals surface area contributed by atoms with Crippen molar-refractivity contribution >= 4 is 48.9 Å². The van der Waals surface area contributed by atoms with E-state index >= 15 is 0 Å². The number of thiophene rings is 1. The standard InChI is InChI=1S/C11H9BrN2O4S2/c1-6-9(3-10(12)19-6)20(17,18)14-8-2-7(11(15)16)4-13-5-8/h2-5,14H,1H3,(H,15,16). The van der Waals surface area contributed by atoms with Crippen LogP contribution in [0.25, 0.3) is 0 Å². The predicted octanol–water partition coefficient (Wildman–Crippen LogP) is 2.71. The molecule has 0 fully saturated rings. The van der Waals surface area contributed by atoms with Crippen LogP contribution in [-0.2, 0) is 10.0 Å². The molecule has 0 aliphatic heterocycles. The Morgan fingerprint density at radius 1 is 1.40 bits per heavy atom. The van der Waals surface area contributed by atoms with Crippen LogP contribution in [-0.4, -0.2) is 24.5 Å². The number of pyridine rings is 1. The Balaban J connectivity index is 2.36. The second-order valence-corrected chi connectivity index (χ2v) is 8.13. The van der Waals surface area contributed by atoms with Gasteiger partial charge in [0.05, 0.1) is 21.2 Å². The van der Waals surface area contributed by atoms with Crippen LogP contribution < -0.4 is 4.72 Å². The van der Waals surface area contributed by atoms with Crippen LogP contribution in [0.4, 0.5) is 5.69 Å². The van der Waals surface area contributed by atoms with Gasteiger partial charge in [0.1, 0.15) is 4.90 Å². The minimum absolute atomic E-state index is 0.0894. The fraction of sp³-hybridized carbons (Fsp3) is 0.0909. The lowest BCUT2D eigenvalue weighted by Crippen LogP contribution is -2.13. The maximum atomic E-state index is 12.2. The Kier molecular flexibility index (Phi) is 4.11. The number of carboxylic acids is 1. The lowest BCUT2D eigenvalue weighted by Gasteiger charge is -2.07. The lowest BCUT2D eigenvalue weighted by atomic mass is 10.3. The largest absolute Gasteiger partial charge is 0.478 e. The van der Waals surface area contributed by atoms with E-state index in [9.17, 15) is 13.2 Å². The second kappa shape index (κ2) is 5.51. The summed E-state index contributed by atoms with van der Waals surface area (Å²) in [4.78, 5) is 15.3. The molecule has 0 radical (unpaired) electrons. The van der Waals surface area contributed by atoms with E-state index in [-0.39, 0.29) is 16.1 Å². The molecule has 0 atom stereocenters. The summed E-state index contributed by atoms with van der Waals surface area (Å²) in [6.45, 7) is 1.69. The molecule has 0 aliphatic rings. The quantitative estimate of drug-likeness (QED) is 0.854. The number of aryl methyl sites for hydroxylation is 1. The maximum Gasteiger partial charge on any atom is 0.337 e. The molecule has 0 saturated heterocycles. The average molecular weight is 377 g/mol. The molecule has 0 spiro atoms. The maximum absolute atomic E-state index is 12.2. The first kappa shape index (κ1) is 14.9. The average Bonchev–Trinajstić information content (AvgIpc) is 2.69. The number of hydrogen-bond donors (Lipinski definition) is 2. The fourth-order valence-corrected chi connectivity index (χ4v) is 4.97. The summed E-state index contributed by atoms with van der Waals surface area (Å²) in [7, 11) is -3.77. The molecule has 2 heterocycles. The molecule has 0 amide bonds. The summed E-state index contributed by atoms with van der Waals surface area (Å²) in [6.07, 6.45) is 2.40. The van der Waals surface area contributed by atoms with Crippen molar-refractivity contribution in [3.8, 4) is 0 Å². The third-order valence-electron chi connectivity index (χ3n) is 2.37. The van der Waals surface area contributed by atoms with Crippen molar-refractivity contribution in [3.63, 3.8) is 0 Å². The third kappa shape index (κ3) is 3.17. The number of nitrogens with zero attached hydrogens (tertiary/aromatic N) is 1. The Morgan fingerprint density at radius 2 is 2.10 bits per heavy atom. The fourth-order valence-electron chi connectivity index (χ4n) is 1.52. The smallest absolute Gasteiger partial charge is 0.337 e. The summed E-state index contributed by atoms with van der Waals surface area (Å²) < 4.78 is 27.5. The van der Waals surface area contributed by atoms with Crippen LogP contribution >= 0.6 is 27.3 Å². The van der Waals surface area contributed by atoms with Crippen molar-refractivity contribution < 1.29 is 18.3 Å². The number of aromatic carboxylic acids is 1. The van der Waals surface area contributed by atoms with Crippen molar-refractivity contribution in [3.05, 3.63) is 38.8 Å². The molecule has 0 saturated carbocycles. The Morgan fingerprint density at radius 3 is 2.65 bits per heavy atom. The normalized spacial score (nSPS) is 11.3. The summed E-state index contributed by atoms with van der Waals surface area (Å²) >= 11 is 4.53. The summed E-state index contributed by atoms with van der Waals surface area (Å²) in [5.74, 6) is -1.17. The van der Waals surface area contributed by atoms with E-state index in [1.54, 1.807) is 6.92 Å². The highest BCUT2D eigenvalue weighted by Gasteiger charge is 2.20. The number of nitrogens with one attached hydrogen (secondary N) is 1. The molecule has 2 rings (SSSR count). The van der Waals surface area contributed by atoms with E-state index in [0.717, 1.165) is 6.20 Å². The molecule has 6 nitrogen and oxygen atoms in total. The summed E-state index contributed by atoms with van der Waals surface area (Å²) in [5, 5.41) is 8.85. The van der Waals surface area contributed by atoms with Gasteiger partial charge in [0.2, 0.25) is 0 Å². The predicted molar refractivity (Wildman–Crippen MR) is 78.8 cm³/mol. The SMILES string of the molecule is Cc1sc(Br)cc1S(=O)(=O)Nc1cncc(C(=O)O)c1. The molecular weight excluding hydrogens is 368 g/mol. The summed E-state index contributed by atoms with van der Waals surface area (Å²) in [5.41, 5.74) is 0.0139. The molecule has 0 aliphatic carbocycles. The number of halogens is 1. The molecule has 20 heavy (non-hydrogen) atoms. The highest BCUT2D eigenvalue weighted by Crippen LogP contribution is 2.30. The van der Waals surface area contributed by atoms with Crippen LogP contribution in [0.2, 0.25) is 0 Å². The molecule has 0 bridgehead atoms. The van der Waals surface area contributed by atoms with E-state index in [1.165, 1.54) is 29.7 Å². The molecule has 0 aromatic carbocycles. The van der Waals surface area contributed by atoms with Crippen LogP contribution in [0.1, 0.15) is 15.2 Å². The molecule has 2 aromatic heterocycles. The number of sulfonamides is 1. The first-order valence-corrected chi connectivity index (χ1v) is 8.36. The van der Waals surface area contributed by atoms with Crippen molar-refractivity contribution in [2.24, 2.45) is 0 Å². The zero-order valence-electron chi connectivity index (χ0n) is 10.1. The first-order valence-electron chi connectivity index (χ1n) is 5.26. The molecule has 2 aromatic rings. The molecule has 106 valence electrons. The van der Waals surface area contributed by atoms with E-state index in [0.29, 0.717) is 8.66 Å². The molecular formula is C11H9BrN2O4S2. The highest BCUT2D eigenvalue weighted by atomic mass is 79.9. The zero-order valence-corrected chi connectivity index (χ0v) is 13.3. The minimum Gasteiger partial charge on any atom is -0.478 e. The Labute approximate surface area is 127 Å². The van der Waals surface area contributed by atoms with Gasteiger partial charge >= 0.3 is 5.97 Å². The minimum atomic E-state index is -3.77. The molecule has 2 N–H and O–H groups in total. The number of carboxylic acid groups (broad SMARTS) is 1. The Hall–Kier alpha value is -1.45. The van der Waals surface area contributed by atoms with E-state index < -0.39 is 16.0 Å². The van der Waals surface area contributed by atoms with Crippen molar-refractivity contribution in [1.82, 2.24) is 4.98 Å². The first-order chi connectivity index (χ1) is 9.29. The Bertz CT molecular complexity index is 770. The van der Waals surface area contributed by atoms with Gasteiger partial charge in [-0.2, -0.15) is 0 Å². The van der Waals surface area contributed by atoms with Crippen molar-refractivity contribution in [2.75, 3.05) is 4.72 Å². The third-order valence-corrected chi connectivity index (χ3v) is 5.56. The zero-order chi connectivity index (χ0) is 14.9. The number of hydrogen-bond acceptors (Lipinski definition) is 5. The second-order valence-electron chi connectivity index (χ2n) is 3.84. The van der Waals surface area contributed by atoms with Gasteiger partial charge in [-0.1, -0.05) is 0 Å². The monoisotopic (exact) mass is 376 g/mol. The topological polar surface area (TPSA) is 96.4 Å². The van der Waals surface area contributed by atoms with Crippen LogP contribution in [0.15, 0.2) is 33.2 Å². The molecule has 0 unspecified atom stereocenters. The van der Waals surface area contributed by atoms with Gasteiger partial charge in [-0.05, 0) is 35.0 Å². The van der Waals surface area contributed by atoms with Crippen molar-refractivity contribution in [1.29, 1.82) is 0 Å². The van der Waals surface area contributed by atoms with Gasteiger partial charge in [0.25, 0.3) is 10.0 Å². The lowest BCUT2D eigenvalue weighted by molar-refractivity contribution is 0.0696. The number of carbonyl (C=O) groups is 1. The summed E-state index contributed by atoms with van der Waals surface area (Å²) in [6, 6.07) is 2.71. The van der Waals surface area contributed by atoms with E-state index in [4.69, 9.17) is 5.11 Å². The van der Waals surface area contributed by atoms with Gasteiger partial charge in [-0.25, -0.2) is 13.2 Å². The van der Waals surface area contributed by atoms with Crippen LogP contribution in [0, 0.1) is 6.92 Å². The van der Waals surface area contributed by atoms with E-state index in [2.05, 4.69) is 25.6 Å². The van der Waals surface area contributed by atoms with E-state index in [1.807, 2.05) is 0 Å². The van der Waals surface area contributed by atoms with Gasteiger partial charge in [-0.3, -0.25) is 9.71 Å². The number of rotatable bonds is 4. The number of anilines is 1. The number of aromatic nitrogens is 1. The van der Waals surface area contributed by atoms with Gasteiger partial charge in [0.15, 0.2) is 0 Å². The highest BCUT2D eigenvalue weighted by molar-refractivity contribution is 9.11. The van der Waals surface area contributed by atoms with Crippen molar-refractivity contribution in [2.45, 2.75) is 11.8 Å². The van der Waals surface area contributed by atoms with Crippen LogP contribution in [0.5, 0.6) is 0 Å². The molecule has 9 heteroatoms. The van der Waals surface area contributed by atoms with Gasteiger partial charge < -0.3 is 5.11 Å². The van der Waals surface area contributed by atoms with Gasteiger partial charge in [-0.15, -0.1) is 11.3 Å². The van der Waals surface area contributed by atoms with Gasteiger partial charge in [0, 0.05) is 11.1 Å². The van der Waals surface area contributed by atoms with Crippen LogP contribution in [0.3, 0.4) is 0 Å².